The lowest BCUT2D eigenvalue weighted by Gasteiger charge is -2.20. The molecule has 1 amide bonds. The molecular weight excluding hydrogens is 336 g/mol. The highest BCUT2D eigenvalue weighted by Gasteiger charge is 2.21. The van der Waals surface area contributed by atoms with E-state index in [2.05, 4.69) is 4.98 Å². The van der Waals surface area contributed by atoms with Gasteiger partial charge in [-0.05, 0) is 24.1 Å². The maximum Gasteiger partial charge on any atom is 0.330 e. The molecule has 1 aromatic carbocycles. The van der Waals surface area contributed by atoms with Gasteiger partial charge in [0, 0.05) is 26.3 Å². The van der Waals surface area contributed by atoms with Crippen LogP contribution >= 0.6 is 0 Å². The summed E-state index contributed by atoms with van der Waals surface area (Å²) in [7, 11) is 3.05. The molecule has 0 unspecified atom stereocenters. The molecule has 3 N–H and O–H groups in total. The van der Waals surface area contributed by atoms with Crippen LogP contribution in [0.25, 0.3) is 0 Å². The Labute approximate surface area is 151 Å². The van der Waals surface area contributed by atoms with Crippen LogP contribution in [-0.2, 0) is 17.9 Å². The summed E-state index contributed by atoms with van der Waals surface area (Å²) in [6.45, 7) is 2.80. The molecule has 2 aromatic rings. The van der Waals surface area contributed by atoms with Crippen molar-refractivity contribution in [2.75, 3.05) is 24.8 Å². The third-order valence-corrected chi connectivity index (χ3v) is 4.10. The number of nitrogens with zero attached hydrogens (tertiary/aromatic N) is 2. The molecule has 0 spiro atoms. The van der Waals surface area contributed by atoms with Crippen molar-refractivity contribution in [1.82, 2.24) is 9.55 Å². The van der Waals surface area contributed by atoms with Crippen molar-refractivity contribution in [1.29, 1.82) is 0 Å². The van der Waals surface area contributed by atoms with E-state index in [-0.39, 0.29) is 11.5 Å². The minimum atomic E-state index is -0.688. The van der Waals surface area contributed by atoms with Crippen LogP contribution in [-0.4, -0.2) is 29.6 Å². The molecule has 1 heterocycles. The first-order valence-corrected chi connectivity index (χ1v) is 8.39. The number of aromatic amines is 1. The number of H-pyrrole nitrogens is 1. The molecule has 0 aliphatic heterocycles. The lowest BCUT2D eigenvalue weighted by molar-refractivity contribution is 0.0992. The van der Waals surface area contributed by atoms with Crippen molar-refractivity contribution in [2.45, 2.75) is 32.9 Å². The third kappa shape index (κ3) is 4.02. The largest absolute Gasteiger partial charge is 0.383 e. The molecule has 0 aliphatic carbocycles. The number of nitrogen functional groups attached to an aromatic ring is 1. The molecule has 0 radical (unpaired) electrons. The molecular formula is C18H24N4O4. The van der Waals surface area contributed by atoms with Gasteiger partial charge in [0.2, 0.25) is 0 Å². The van der Waals surface area contributed by atoms with Crippen LogP contribution in [0.4, 0.5) is 11.5 Å². The minimum Gasteiger partial charge on any atom is -0.383 e. The topological polar surface area (TPSA) is 110 Å². The fourth-order valence-corrected chi connectivity index (χ4v) is 2.65. The Balaban J connectivity index is 2.39. The summed E-state index contributed by atoms with van der Waals surface area (Å²) in [4.78, 5) is 40.4. The Hall–Kier alpha value is -2.87. The van der Waals surface area contributed by atoms with E-state index in [4.69, 9.17) is 10.5 Å². The minimum absolute atomic E-state index is 0.0148. The Bertz CT molecular complexity index is 884. The number of aromatic nitrogens is 2. The second kappa shape index (κ2) is 8.48. The van der Waals surface area contributed by atoms with E-state index < -0.39 is 17.2 Å². The van der Waals surface area contributed by atoms with Crippen molar-refractivity contribution >= 4 is 17.4 Å². The molecule has 0 saturated heterocycles. The molecule has 0 saturated carbocycles. The monoisotopic (exact) mass is 360 g/mol. The summed E-state index contributed by atoms with van der Waals surface area (Å²) in [5.41, 5.74) is 6.07. The maximum absolute atomic E-state index is 12.7. The number of carbonyl (C=O) groups excluding carboxylic acids is 1. The molecule has 0 fully saturated rings. The van der Waals surface area contributed by atoms with Crippen LogP contribution in [0.15, 0.2) is 33.9 Å². The van der Waals surface area contributed by atoms with Crippen molar-refractivity contribution in [2.24, 2.45) is 0 Å². The highest BCUT2D eigenvalue weighted by atomic mass is 16.5. The number of benzene rings is 1. The molecule has 0 aliphatic rings. The van der Waals surface area contributed by atoms with Gasteiger partial charge in [-0.15, -0.1) is 0 Å². The lowest BCUT2D eigenvalue weighted by atomic mass is 10.1. The van der Waals surface area contributed by atoms with E-state index in [0.29, 0.717) is 18.7 Å². The van der Waals surface area contributed by atoms with Crippen LogP contribution in [0, 0.1) is 0 Å². The van der Waals surface area contributed by atoms with Crippen LogP contribution in [0.5, 0.6) is 0 Å². The fraction of sp³-hybridized carbons (Fsp3) is 0.389. The fourth-order valence-electron chi connectivity index (χ4n) is 2.65. The zero-order valence-electron chi connectivity index (χ0n) is 15.2. The van der Waals surface area contributed by atoms with Gasteiger partial charge in [-0.2, -0.15) is 0 Å². The number of methoxy groups -OCH3 is 1. The van der Waals surface area contributed by atoms with Gasteiger partial charge >= 0.3 is 5.69 Å². The van der Waals surface area contributed by atoms with Gasteiger partial charge in [-0.3, -0.25) is 19.1 Å². The number of hydrogen-bond acceptors (Lipinski definition) is 5. The summed E-state index contributed by atoms with van der Waals surface area (Å²) in [6.07, 6.45) is 1.59. The van der Waals surface area contributed by atoms with E-state index in [0.717, 1.165) is 18.4 Å². The van der Waals surface area contributed by atoms with Gasteiger partial charge in [0.25, 0.3) is 11.5 Å². The van der Waals surface area contributed by atoms with Gasteiger partial charge in [0.15, 0.2) is 5.69 Å². The standard InChI is InChI=1S/C18H24N4O4/c1-4-5-10-22-15(19)14(16(23)20-18(22)25)21(2)17(24)13-8-6-12(7-9-13)11-26-3/h6-9H,4-5,10-11,19H2,1-3H3,(H,20,23,25). The Kier molecular flexibility index (Phi) is 6.35. The van der Waals surface area contributed by atoms with Gasteiger partial charge in [-0.1, -0.05) is 25.5 Å². The van der Waals surface area contributed by atoms with E-state index in [1.165, 1.54) is 16.5 Å². The Morgan fingerprint density at radius 3 is 2.50 bits per heavy atom. The third-order valence-electron chi connectivity index (χ3n) is 4.10. The molecule has 2 rings (SSSR count). The molecule has 1 aromatic heterocycles. The number of carbonyl (C=O) groups is 1. The van der Waals surface area contributed by atoms with Crippen molar-refractivity contribution in [3.05, 3.63) is 56.2 Å². The van der Waals surface area contributed by atoms with Gasteiger partial charge < -0.3 is 15.4 Å². The van der Waals surface area contributed by atoms with E-state index >= 15 is 0 Å². The van der Waals surface area contributed by atoms with Crippen molar-refractivity contribution in [3.8, 4) is 0 Å². The average Bonchev–Trinajstić information content (AvgIpc) is 2.61. The molecule has 0 bridgehead atoms. The number of unbranched alkanes of at least 4 members (excludes halogenated alkanes) is 1. The van der Waals surface area contributed by atoms with E-state index in [1.807, 2.05) is 6.92 Å². The summed E-state index contributed by atoms with van der Waals surface area (Å²) >= 11 is 0. The quantitative estimate of drug-likeness (QED) is 0.774. The molecule has 140 valence electrons. The number of nitrogens with one attached hydrogen (secondary N) is 1. The zero-order chi connectivity index (χ0) is 19.3. The zero-order valence-corrected chi connectivity index (χ0v) is 15.2. The number of nitrogens with two attached hydrogens (primary N) is 1. The number of amides is 1. The molecule has 26 heavy (non-hydrogen) atoms. The first kappa shape index (κ1) is 19.5. The smallest absolute Gasteiger partial charge is 0.330 e. The Morgan fingerprint density at radius 1 is 1.27 bits per heavy atom. The molecule has 8 nitrogen and oxygen atoms in total. The highest BCUT2D eigenvalue weighted by Crippen LogP contribution is 2.18. The summed E-state index contributed by atoms with van der Waals surface area (Å²) in [5.74, 6) is -0.411. The highest BCUT2D eigenvalue weighted by molar-refractivity contribution is 6.06. The average molecular weight is 360 g/mol. The van der Waals surface area contributed by atoms with E-state index in [9.17, 15) is 14.4 Å². The maximum atomic E-state index is 12.7. The number of ether oxygens (including phenoxy) is 1. The van der Waals surface area contributed by atoms with Crippen LogP contribution < -0.4 is 21.9 Å². The SMILES string of the molecule is CCCCn1c(N)c(N(C)C(=O)c2ccc(COC)cc2)c(=O)[nH]c1=O. The van der Waals surface area contributed by atoms with Crippen LogP contribution in [0.3, 0.4) is 0 Å². The van der Waals surface area contributed by atoms with Gasteiger partial charge in [0.05, 0.1) is 6.61 Å². The molecule has 0 atom stereocenters. The van der Waals surface area contributed by atoms with E-state index in [1.54, 1.807) is 31.4 Å². The number of rotatable bonds is 7. The first-order valence-electron chi connectivity index (χ1n) is 8.39. The molecule has 8 heteroatoms. The Morgan fingerprint density at radius 2 is 1.92 bits per heavy atom. The second-order valence-electron chi connectivity index (χ2n) is 5.99. The van der Waals surface area contributed by atoms with Crippen molar-refractivity contribution in [3.63, 3.8) is 0 Å². The summed E-state index contributed by atoms with van der Waals surface area (Å²) in [5, 5.41) is 0. The predicted octanol–water partition coefficient (Wildman–Crippen LogP) is 1.34. The van der Waals surface area contributed by atoms with Crippen LogP contribution in [0.2, 0.25) is 0 Å². The summed E-state index contributed by atoms with van der Waals surface area (Å²) in [6, 6.07) is 6.87. The van der Waals surface area contributed by atoms with Crippen molar-refractivity contribution < 1.29 is 9.53 Å². The number of anilines is 2. The first-order chi connectivity index (χ1) is 12.4. The summed E-state index contributed by atoms with van der Waals surface area (Å²) < 4.78 is 6.33. The van der Waals surface area contributed by atoms with Gasteiger partial charge in [-0.25, -0.2) is 4.79 Å². The normalized spacial score (nSPS) is 10.7. The second-order valence-corrected chi connectivity index (χ2v) is 5.99. The van der Waals surface area contributed by atoms with Gasteiger partial charge in [0.1, 0.15) is 5.82 Å². The van der Waals surface area contributed by atoms with Crippen LogP contribution in [0.1, 0.15) is 35.7 Å². The predicted molar refractivity (Wildman–Crippen MR) is 101 cm³/mol. The lowest BCUT2D eigenvalue weighted by Crippen LogP contribution is -2.39. The number of hydrogen-bond donors (Lipinski definition) is 2.